The predicted molar refractivity (Wildman–Crippen MR) is 105 cm³/mol. The molecule has 0 aliphatic carbocycles. The van der Waals surface area contributed by atoms with Crippen LogP contribution in [0.1, 0.15) is 58.9 Å². The molecule has 0 aromatic heterocycles. The molecule has 1 saturated heterocycles. The smallest absolute Gasteiger partial charge is 0.410 e. The summed E-state index contributed by atoms with van der Waals surface area (Å²) in [7, 11) is 0. The summed E-state index contributed by atoms with van der Waals surface area (Å²) in [6.07, 6.45) is 3.14. The van der Waals surface area contributed by atoms with Crippen LogP contribution >= 0.6 is 0 Å². The molecule has 1 N–H and O–H groups in total. The topological polar surface area (TPSA) is 67.9 Å². The Hall–Kier alpha value is -2.24. The van der Waals surface area contributed by atoms with Gasteiger partial charge in [0.1, 0.15) is 17.4 Å². The zero-order valence-electron chi connectivity index (χ0n) is 16.9. The van der Waals surface area contributed by atoms with Crippen molar-refractivity contribution in [1.82, 2.24) is 10.2 Å². The van der Waals surface area contributed by atoms with E-state index < -0.39 is 17.7 Å². The fourth-order valence-electron chi connectivity index (χ4n) is 2.96. The summed E-state index contributed by atoms with van der Waals surface area (Å²) in [5.41, 5.74) is 0.401. The third kappa shape index (κ3) is 6.77. The quantitative estimate of drug-likeness (QED) is 0.733. The molecule has 1 aromatic carbocycles. The van der Waals surface area contributed by atoms with Crippen LogP contribution in [0.4, 0.5) is 4.79 Å². The fourth-order valence-corrected chi connectivity index (χ4v) is 2.96. The Labute approximate surface area is 162 Å². The Morgan fingerprint density at radius 3 is 2.78 bits per heavy atom. The number of hydrogen-bond donors (Lipinski definition) is 1. The maximum atomic E-state index is 12.6. The summed E-state index contributed by atoms with van der Waals surface area (Å²) in [4.78, 5) is 26.5. The van der Waals surface area contributed by atoms with Crippen LogP contribution in [-0.2, 0) is 16.1 Å². The highest BCUT2D eigenvalue weighted by Gasteiger charge is 2.36. The minimum Gasteiger partial charge on any atom is -0.494 e. The Kier molecular flexibility index (Phi) is 7.51. The molecule has 1 atom stereocenters. The average Bonchev–Trinajstić information content (AvgIpc) is 3.09. The van der Waals surface area contributed by atoms with Gasteiger partial charge in [0.05, 0.1) is 6.61 Å². The lowest BCUT2D eigenvalue weighted by atomic mass is 10.1. The highest BCUT2D eigenvalue weighted by atomic mass is 16.6. The van der Waals surface area contributed by atoms with Gasteiger partial charge in [0.25, 0.3) is 0 Å². The number of unbranched alkanes of at least 4 members (excludes halogenated alkanes) is 1. The van der Waals surface area contributed by atoms with E-state index in [4.69, 9.17) is 9.47 Å². The van der Waals surface area contributed by atoms with E-state index in [0.29, 0.717) is 26.1 Å². The Balaban J connectivity index is 1.89. The molecule has 0 saturated carbocycles. The van der Waals surface area contributed by atoms with Crippen molar-refractivity contribution in [3.05, 3.63) is 29.8 Å². The van der Waals surface area contributed by atoms with Gasteiger partial charge in [-0.05, 0) is 57.7 Å². The lowest BCUT2D eigenvalue weighted by Crippen LogP contribution is -2.47. The summed E-state index contributed by atoms with van der Waals surface area (Å²) in [6.45, 7) is 9.25. The highest BCUT2D eigenvalue weighted by Crippen LogP contribution is 2.21. The van der Waals surface area contributed by atoms with Crippen LogP contribution < -0.4 is 10.1 Å². The largest absolute Gasteiger partial charge is 0.494 e. The van der Waals surface area contributed by atoms with Crippen molar-refractivity contribution in [3.63, 3.8) is 0 Å². The number of carbonyl (C=O) groups excluding carboxylic acids is 2. The molecule has 0 spiro atoms. The molecule has 6 heteroatoms. The van der Waals surface area contributed by atoms with E-state index in [1.165, 1.54) is 4.90 Å². The molecule has 1 fully saturated rings. The Morgan fingerprint density at radius 2 is 2.07 bits per heavy atom. The third-order valence-electron chi connectivity index (χ3n) is 4.32. The summed E-state index contributed by atoms with van der Waals surface area (Å²) in [6, 6.07) is 7.26. The molecule has 0 unspecified atom stereocenters. The van der Waals surface area contributed by atoms with Crippen LogP contribution in [-0.4, -0.2) is 41.7 Å². The fraction of sp³-hybridized carbons (Fsp3) is 0.619. The van der Waals surface area contributed by atoms with E-state index >= 15 is 0 Å². The Morgan fingerprint density at radius 1 is 1.30 bits per heavy atom. The molecule has 1 aromatic rings. The molecule has 1 aliphatic heterocycles. The number of ether oxygens (including phenoxy) is 2. The molecule has 0 bridgehead atoms. The molecular formula is C21H32N2O4. The summed E-state index contributed by atoms with van der Waals surface area (Å²) >= 11 is 0. The molecule has 0 radical (unpaired) electrons. The first kappa shape index (κ1) is 21.1. The molecule has 1 aliphatic rings. The van der Waals surface area contributed by atoms with Crippen LogP contribution in [0.5, 0.6) is 5.75 Å². The van der Waals surface area contributed by atoms with Crippen LogP contribution in [0.2, 0.25) is 0 Å². The van der Waals surface area contributed by atoms with Crippen molar-refractivity contribution in [2.45, 2.75) is 71.6 Å². The van der Waals surface area contributed by atoms with E-state index in [0.717, 1.165) is 30.6 Å². The second-order valence-corrected chi connectivity index (χ2v) is 7.90. The van der Waals surface area contributed by atoms with Crippen LogP contribution in [0.3, 0.4) is 0 Å². The minimum absolute atomic E-state index is 0.143. The minimum atomic E-state index is -0.571. The van der Waals surface area contributed by atoms with Crippen molar-refractivity contribution in [3.8, 4) is 5.75 Å². The van der Waals surface area contributed by atoms with E-state index in [1.54, 1.807) is 0 Å². The van der Waals surface area contributed by atoms with Gasteiger partial charge in [0, 0.05) is 13.1 Å². The monoisotopic (exact) mass is 376 g/mol. The van der Waals surface area contributed by atoms with Gasteiger partial charge in [-0.2, -0.15) is 0 Å². The summed E-state index contributed by atoms with van der Waals surface area (Å²) < 4.78 is 11.1. The molecule has 2 rings (SSSR count). The van der Waals surface area contributed by atoms with Crippen LogP contribution in [0, 0.1) is 0 Å². The first-order chi connectivity index (χ1) is 12.8. The van der Waals surface area contributed by atoms with Gasteiger partial charge in [-0.15, -0.1) is 0 Å². The van der Waals surface area contributed by atoms with E-state index in [1.807, 2.05) is 45.0 Å². The van der Waals surface area contributed by atoms with Crippen molar-refractivity contribution in [2.75, 3.05) is 13.2 Å². The number of rotatable bonds is 7. The number of benzene rings is 1. The molecule has 150 valence electrons. The molecular weight excluding hydrogens is 344 g/mol. The van der Waals surface area contributed by atoms with Gasteiger partial charge in [-0.25, -0.2) is 4.79 Å². The van der Waals surface area contributed by atoms with Crippen LogP contribution in [0.25, 0.3) is 0 Å². The number of likely N-dealkylation sites (tertiary alicyclic amines) is 1. The number of hydrogen-bond acceptors (Lipinski definition) is 4. The maximum absolute atomic E-state index is 12.6. The molecule has 27 heavy (non-hydrogen) atoms. The van der Waals surface area contributed by atoms with Crippen molar-refractivity contribution >= 4 is 12.0 Å². The third-order valence-corrected chi connectivity index (χ3v) is 4.32. The average molecular weight is 376 g/mol. The lowest BCUT2D eigenvalue weighted by Gasteiger charge is -2.28. The van der Waals surface area contributed by atoms with Gasteiger partial charge in [0.15, 0.2) is 0 Å². The second kappa shape index (κ2) is 9.62. The zero-order valence-corrected chi connectivity index (χ0v) is 16.9. The summed E-state index contributed by atoms with van der Waals surface area (Å²) in [5.74, 6) is 0.669. The van der Waals surface area contributed by atoms with Gasteiger partial charge < -0.3 is 14.8 Å². The number of amides is 2. The van der Waals surface area contributed by atoms with E-state index in [9.17, 15) is 9.59 Å². The number of carbonyl (C=O) groups is 2. The van der Waals surface area contributed by atoms with Crippen molar-refractivity contribution in [2.24, 2.45) is 0 Å². The lowest BCUT2D eigenvalue weighted by molar-refractivity contribution is -0.125. The normalized spacial score (nSPS) is 16.9. The van der Waals surface area contributed by atoms with Gasteiger partial charge >= 0.3 is 6.09 Å². The summed E-state index contributed by atoms with van der Waals surface area (Å²) in [5, 5.41) is 2.94. The predicted octanol–water partition coefficient (Wildman–Crippen LogP) is 3.88. The van der Waals surface area contributed by atoms with E-state index in [-0.39, 0.29) is 5.91 Å². The zero-order chi connectivity index (χ0) is 19.9. The second-order valence-electron chi connectivity index (χ2n) is 7.90. The number of nitrogens with zero attached hydrogens (tertiary/aromatic N) is 1. The van der Waals surface area contributed by atoms with Gasteiger partial charge in [-0.1, -0.05) is 25.5 Å². The van der Waals surface area contributed by atoms with Gasteiger partial charge in [-0.3, -0.25) is 9.69 Å². The van der Waals surface area contributed by atoms with Crippen molar-refractivity contribution in [1.29, 1.82) is 0 Å². The standard InChI is InChI=1S/C21H32N2O4/c1-5-6-13-26-17-10-7-9-16(14-17)15-22-19(24)18-11-8-12-23(18)20(25)27-21(2,3)4/h7,9-10,14,18H,5-6,8,11-13,15H2,1-4H3,(H,22,24)/t18-/m0/s1. The highest BCUT2D eigenvalue weighted by molar-refractivity contribution is 5.86. The van der Waals surface area contributed by atoms with E-state index in [2.05, 4.69) is 12.2 Å². The number of nitrogens with one attached hydrogen (secondary N) is 1. The molecule has 1 heterocycles. The SMILES string of the molecule is CCCCOc1cccc(CNC(=O)[C@@H]2CCCN2C(=O)OC(C)(C)C)c1. The first-order valence-corrected chi connectivity index (χ1v) is 9.79. The van der Waals surface area contributed by atoms with Crippen LogP contribution in [0.15, 0.2) is 24.3 Å². The first-order valence-electron chi connectivity index (χ1n) is 9.79. The molecule has 2 amide bonds. The molecule has 6 nitrogen and oxygen atoms in total. The Bertz CT molecular complexity index is 639. The van der Waals surface area contributed by atoms with Gasteiger partial charge in [0.2, 0.25) is 5.91 Å². The van der Waals surface area contributed by atoms with Crippen molar-refractivity contribution < 1.29 is 19.1 Å². The maximum Gasteiger partial charge on any atom is 0.410 e.